The molecule has 0 unspecified atom stereocenters. The minimum atomic E-state index is -4.63. The first-order valence-electron chi connectivity index (χ1n) is 4.16. The van der Waals surface area contributed by atoms with Gasteiger partial charge in [-0.2, -0.15) is 13.2 Å². The molecule has 1 atom stereocenters. The quantitative estimate of drug-likeness (QED) is 0.883. The highest BCUT2D eigenvalue weighted by Gasteiger charge is 2.40. The van der Waals surface area contributed by atoms with E-state index in [9.17, 15) is 18.3 Å². The summed E-state index contributed by atoms with van der Waals surface area (Å²) in [7, 11) is 1.24. The van der Waals surface area contributed by atoms with Crippen molar-refractivity contribution < 1.29 is 23.0 Å². The van der Waals surface area contributed by atoms with Crippen molar-refractivity contribution in [1.82, 2.24) is 0 Å². The molecule has 90 valence electrons. The van der Waals surface area contributed by atoms with Gasteiger partial charge in [-0.3, -0.25) is 0 Å². The molecule has 0 aliphatic carbocycles. The van der Waals surface area contributed by atoms with Crippen LogP contribution < -0.4 is 10.5 Å². The van der Waals surface area contributed by atoms with Gasteiger partial charge in [0, 0.05) is 10.0 Å². The Bertz CT molecular complexity index is 395. The van der Waals surface area contributed by atoms with Crippen LogP contribution >= 0.6 is 15.9 Å². The van der Waals surface area contributed by atoms with Crippen LogP contribution in [0.1, 0.15) is 11.6 Å². The number of phenols is 1. The second-order valence-corrected chi connectivity index (χ2v) is 3.89. The number of hydrogen-bond acceptors (Lipinski definition) is 3. The monoisotopic (exact) mass is 299 g/mol. The van der Waals surface area contributed by atoms with Crippen LogP contribution in [-0.2, 0) is 0 Å². The number of phenolic OH excluding ortho intramolecular Hbond substituents is 1. The zero-order chi connectivity index (χ0) is 12.5. The van der Waals surface area contributed by atoms with Gasteiger partial charge in [-0.1, -0.05) is 15.9 Å². The van der Waals surface area contributed by atoms with Gasteiger partial charge in [0.1, 0.15) is 6.04 Å². The molecule has 7 heteroatoms. The fourth-order valence-electron chi connectivity index (χ4n) is 1.19. The van der Waals surface area contributed by atoms with Gasteiger partial charge in [0.05, 0.1) is 7.11 Å². The molecule has 1 aromatic rings. The molecule has 0 aliphatic heterocycles. The number of aromatic hydroxyl groups is 1. The molecule has 0 amide bonds. The largest absolute Gasteiger partial charge is 0.504 e. The Labute approximate surface area is 98.1 Å². The Morgan fingerprint density at radius 3 is 2.44 bits per heavy atom. The standard InChI is InChI=1S/C9H9BrF3NO2/c1-16-5-3-2-4(10)6(7(5)15)8(14)9(11,12)13/h2-3,8,15H,14H2,1H3/t8-/m1/s1. The van der Waals surface area contributed by atoms with Gasteiger partial charge in [-0.05, 0) is 12.1 Å². The van der Waals surface area contributed by atoms with Gasteiger partial charge in [0.25, 0.3) is 0 Å². The maximum absolute atomic E-state index is 12.4. The molecule has 0 saturated carbocycles. The van der Waals surface area contributed by atoms with E-state index in [0.29, 0.717) is 0 Å². The Morgan fingerprint density at radius 2 is 2.00 bits per heavy atom. The number of halogens is 4. The molecular weight excluding hydrogens is 291 g/mol. The Morgan fingerprint density at radius 1 is 1.44 bits per heavy atom. The lowest BCUT2D eigenvalue weighted by molar-refractivity contribution is -0.149. The van der Waals surface area contributed by atoms with Crippen LogP contribution in [0.3, 0.4) is 0 Å². The Balaban J connectivity index is 3.32. The van der Waals surface area contributed by atoms with Gasteiger partial charge in [-0.25, -0.2) is 0 Å². The predicted molar refractivity (Wildman–Crippen MR) is 55.3 cm³/mol. The third-order valence-corrected chi connectivity index (χ3v) is 2.70. The predicted octanol–water partition coefficient (Wildman–Crippen LogP) is 2.73. The summed E-state index contributed by atoms with van der Waals surface area (Å²) in [6, 6.07) is 0.405. The van der Waals surface area contributed by atoms with Crippen molar-refractivity contribution in [3.63, 3.8) is 0 Å². The van der Waals surface area contributed by atoms with Crippen molar-refractivity contribution in [3.05, 3.63) is 22.2 Å². The number of nitrogens with two attached hydrogens (primary N) is 1. The fourth-order valence-corrected chi connectivity index (χ4v) is 1.75. The molecule has 3 N–H and O–H groups in total. The molecular formula is C9H9BrF3NO2. The first-order valence-corrected chi connectivity index (χ1v) is 4.96. The van der Waals surface area contributed by atoms with Gasteiger partial charge >= 0.3 is 6.18 Å². The number of alkyl halides is 3. The van der Waals surface area contributed by atoms with Crippen LogP contribution in [0.25, 0.3) is 0 Å². The molecule has 1 aromatic carbocycles. The van der Waals surface area contributed by atoms with Crippen molar-refractivity contribution in [2.24, 2.45) is 5.73 Å². The van der Waals surface area contributed by atoms with E-state index in [-0.39, 0.29) is 10.2 Å². The van der Waals surface area contributed by atoms with E-state index in [1.807, 2.05) is 0 Å². The van der Waals surface area contributed by atoms with Crippen molar-refractivity contribution in [3.8, 4) is 11.5 Å². The van der Waals surface area contributed by atoms with E-state index < -0.39 is 23.5 Å². The maximum atomic E-state index is 12.4. The van der Waals surface area contributed by atoms with Crippen molar-refractivity contribution in [2.75, 3.05) is 7.11 Å². The van der Waals surface area contributed by atoms with Gasteiger partial charge in [0.2, 0.25) is 0 Å². The smallest absolute Gasteiger partial charge is 0.407 e. The molecule has 0 saturated heterocycles. The lowest BCUT2D eigenvalue weighted by Crippen LogP contribution is -2.28. The van der Waals surface area contributed by atoms with Crippen LogP contribution in [0.15, 0.2) is 16.6 Å². The summed E-state index contributed by atoms with van der Waals surface area (Å²) in [6.45, 7) is 0. The number of benzene rings is 1. The van der Waals surface area contributed by atoms with Crippen molar-refractivity contribution in [1.29, 1.82) is 0 Å². The minimum absolute atomic E-state index is 0.0575. The lowest BCUT2D eigenvalue weighted by atomic mass is 10.1. The molecule has 0 heterocycles. The molecule has 0 spiro atoms. The number of methoxy groups -OCH3 is 1. The third kappa shape index (κ3) is 2.41. The second kappa shape index (κ2) is 4.50. The molecule has 0 fully saturated rings. The number of rotatable bonds is 2. The first-order chi connectivity index (χ1) is 7.29. The third-order valence-electron chi connectivity index (χ3n) is 2.01. The fraction of sp³-hybridized carbons (Fsp3) is 0.333. The summed E-state index contributed by atoms with van der Waals surface area (Å²) in [5.41, 5.74) is 4.59. The van der Waals surface area contributed by atoms with Gasteiger partial charge < -0.3 is 15.6 Å². The SMILES string of the molecule is COc1ccc(Br)c([C@@H](N)C(F)(F)F)c1O. The maximum Gasteiger partial charge on any atom is 0.407 e. The summed E-state index contributed by atoms with van der Waals surface area (Å²) in [5.74, 6) is -0.667. The number of ether oxygens (including phenoxy) is 1. The zero-order valence-corrected chi connectivity index (χ0v) is 9.76. The minimum Gasteiger partial charge on any atom is -0.504 e. The van der Waals surface area contributed by atoms with E-state index in [4.69, 9.17) is 10.5 Å². The normalized spacial score (nSPS) is 13.6. The van der Waals surface area contributed by atoms with E-state index >= 15 is 0 Å². The molecule has 0 radical (unpaired) electrons. The lowest BCUT2D eigenvalue weighted by Gasteiger charge is -2.19. The van der Waals surface area contributed by atoms with E-state index in [1.54, 1.807) is 0 Å². The average Bonchev–Trinajstić information content (AvgIpc) is 2.16. The summed E-state index contributed by atoms with van der Waals surface area (Å²) >= 11 is 2.91. The zero-order valence-electron chi connectivity index (χ0n) is 8.18. The molecule has 3 nitrogen and oxygen atoms in total. The van der Waals surface area contributed by atoms with E-state index in [1.165, 1.54) is 19.2 Å². The Kier molecular flexibility index (Phi) is 3.69. The van der Waals surface area contributed by atoms with Crippen LogP contribution in [0.2, 0.25) is 0 Å². The van der Waals surface area contributed by atoms with E-state index in [0.717, 1.165) is 0 Å². The van der Waals surface area contributed by atoms with E-state index in [2.05, 4.69) is 15.9 Å². The highest BCUT2D eigenvalue weighted by Crippen LogP contribution is 2.43. The molecule has 16 heavy (non-hydrogen) atoms. The summed E-state index contributed by atoms with van der Waals surface area (Å²) in [5, 5.41) is 9.57. The topological polar surface area (TPSA) is 55.5 Å². The highest BCUT2D eigenvalue weighted by molar-refractivity contribution is 9.10. The van der Waals surface area contributed by atoms with Crippen molar-refractivity contribution in [2.45, 2.75) is 12.2 Å². The van der Waals surface area contributed by atoms with Crippen molar-refractivity contribution >= 4 is 15.9 Å². The van der Waals surface area contributed by atoms with Crippen LogP contribution in [-0.4, -0.2) is 18.4 Å². The number of hydrogen-bond donors (Lipinski definition) is 2. The first kappa shape index (κ1) is 13.1. The molecule has 0 aliphatic rings. The second-order valence-electron chi connectivity index (χ2n) is 3.03. The average molecular weight is 300 g/mol. The molecule has 0 bridgehead atoms. The Hall–Kier alpha value is -0.950. The summed E-state index contributed by atoms with van der Waals surface area (Å²) in [4.78, 5) is 0. The van der Waals surface area contributed by atoms with Crippen LogP contribution in [0, 0.1) is 0 Å². The summed E-state index contributed by atoms with van der Waals surface area (Å²) < 4.78 is 42.1. The molecule has 0 aromatic heterocycles. The van der Waals surface area contributed by atoms with Crippen LogP contribution in [0.4, 0.5) is 13.2 Å². The van der Waals surface area contributed by atoms with Gasteiger partial charge in [0.15, 0.2) is 11.5 Å². The van der Waals surface area contributed by atoms with Crippen LogP contribution in [0.5, 0.6) is 11.5 Å². The van der Waals surface area contributed by atoms with Gasteiger partial charge in [-0.15, -0.1) is 0 Å². The highest BCUT2D eigenvalue weighted by atomic mass is 79.9. The summed E-state index contributed by atoms with van der Waals surface area (Å²) in [6.07, 6.45) is -4.63. The molecule has 1 rings (SSSR count).